The summed E-state index contributed by atoms with van der Waals surface area (Å²) >= 11 is 0. The van der Waals surface area contributed by atoms with Crippen LogP contribution in [0.5, 0.6) is 0 Å². The SMILES string of the molecule is O=C(O)CC[C@@](O)(CCO)C(=O)O. The molecule has 4 N–H and O–H groups in total. The first-order chi connectivity index (χ1) is 5.92. The van der Waals surface area contributed by atoms with E-state index in [-0.39, 0.29) is 6.42 Å². The third-order valence-corrected chi connectivity index (χ3v) is 1.68. The van der Waals surface area contributed by atoms with E-state index in [0.29, 0.717) is 0 Å². The molecule has 1 atom stereocenters. The van der Waals surface area contributed by atoms with Gasteiger partial charge in [-0.05, 0) is 6.42 Å². The summed E-state index contributed by atoms with van der Waals surface area (Å²) in [5, 5.41) is 34.5. The van der Waals surface area contributed by atoms with Gasteiger partial charge in [0.05, 0.1) is 0 Å². The number of hydrogen-bond donors (Lipinski definition) is 4. The molecule has 0 aromatic carbocycles. The van der Waals surface area contributed by atoms with Crippen LogP contribution < -0.4 is 0 Å². The van der Waals surface area contributed by atoms with Gasteiger partial charge < -0.3 is 20.4 Å². The van der Waals surface area contributed by atoms with Crippen molar-refractivity contribution in [3.63, 3.8) is 0 Å². The van der Waals surface area contributed by atoms with E-state index >= 15 is 0 Å². The molecule has 0 saturated carbocycles. The Labute approximate surface area is 74.4 Å². The molecule has 0 radical (unpaired) electrons. The molecular weight excluding hydrogens is 180 g/mol. The van der Waals surface area contributed by atoms with Gasteiger partial charge in [-0.2, -0.15) is 0 Å². The second-order valence-electron chi connectivity index (χ2n) is 2.70. The summed E-state index contributed by atoms with van der Waals surface area (Å²) < 4.78 is 0. The first-order valence-electron chi connectivity index (χ1n) is 3.71. The van der Waals surface area contributed by atoms with Crippen molar-refractivity contribution >= 4 is 11.9 Å². The number of rotatable bonds is 6. The van der Waals surface area contributed by atoms with Gasteiger partial charge in [-0.15, -0.1) is 0 Å². The highest BCUT2D eigenvalue weighted by molar-refractivity contribution is 5.78. The molecule has 0 aliphatic heterocycles. The number of aliphatic carboxylic acids is 2. The van der Waals surface area contributed by atoms with Crippen molar-refractivity contribution in [3.05, 3.63) is 0 Å². The number of carboxylic acids is 2. The summed E-state index contributed by atoms with van der Waals surface area (Å²) in [7, 11) is 0. The van der Waals surface area contributed by atoms with Gasteiger partial charge >= 0.3 is 11.9 Å². The lowest BCUT2D eigenvalue weighted by molar-refractivity contribution is -0.162. The predicted octanol–water partition coefficient (Wildman–Crippen LogP) is -0.951. The number of carboxylic acid groups (broad SMARTS) is 2. The van der Waals surface area contributed by atoms with Crippen molar-refractivity contribution in [2.24, 2.45) is 0 Å². The summed E-state index contributed by atoms with van der Waals surface area (Å²) in [6, 6.07) is 0. The van der Waals surface area contributed by atoms with E-state index in [4.69, 9.17) is 15.3 Å². The van der Waals surface area contributed by atoms with Gasteiger partial charge in [-0.25, -0.2) is 4.79 Å². The average molecular weight is 192 g/mol. The molecular formula is C7H12O6. The lowest BCUT2D eigenvalue weighted by Gasteiger charge is -2.21. The standard InChI is InChI=1S/C7H12O6/c8-4-3-7(13,6(11)12)2-1-5(9)10/h8,13H,1-4H2,(H,9,10)(H,11,12)/t7-/m1/s1. The third kappa shape index (κ3) is 3.86. The third-order valence-electron chi connectivity index (χ3n) is 1.68. The Morgan fingerprint density at radius 2 is 1.69 bits per heavy atom. The lowest BCUT2D eigenvalue weighted by Crippen LogP contribution is -2.39. The fourth-order valence-corrected chi connectivity index (χ4v) is 0.838. The van der Waals surface area contributed by atoms with Crippen LogP contribution in [0.2, 0.25) is 0 Å². The van der Waals surface area contributed by atoms with E-state index in [1.807, 2.05) is 0 Å². The van der Waals surface area contributed by atoms with Crippen molar-refractivity contribution in [2.45, 2.75) is 24.9 Å². The van der Waals surface area contributed by atoms with Gasteiger partial charge in [-0.1, -0.05) is 0 Å². The maximum Gasteiger partial charge on any atom is 0.335 e. The highest BCUT2D eigenvalue weighted by Gasteiger charge is 2.35. The molecule has 0 spiro atoms. The maximum atomic E-state index is 10.5. The van der Waals surface area contributed by atoms with Crippen LogP contribution in [0.15, 0.2) is 0 Å². The van der Waals surface area contributed by atoms with Gasteiger partial charge in [-0.3, -0.25) is 4.79 Å². The molecule has 6 heteroatoms. The van der Waals surface area contributed by atoms with Crippen LogP contribution in [0.1, 0.15) is 19.3 Å². The average Bonchev–Trinajstić information content (AvgIpc) is 2.01. The summed E-state index contributed by atoms with van der Waals surface area (Å²) in [6.07, 6.45) is -1.21. The Morgan fingerprint density at radius 3 is 2.00 bits per heavy atom. The molecule has 13 heavy (non-hydrogen) atoms. The highest BCUT2D eigenvalue weighted by Crippen LogP contribution is 2.17. The summed E-state index contributed by atoms with van der Waals surface area (Å²) in [5.74, 6) is -2.69. The smallest absolute Gasteiger partial charge is 0.335 e. The van der Waals surface area contributed by atoms with Crippen molar-refractivity contribution < 1.29 is 30.0 Å². The summed E-state index contributed by atoms with van der Waals surface area (Å²) in [6.45, 7) is -0.498. The number of carbonyl (C=O) groups is 2. The minimum atomic E-state index is -2.13. The first kappa shape index (κ1) is 11.9. The Kier molecular flexibility index (Phi) is 4.36. The molecule has 0 aromatic heterocycles. The second-order valence-corrected chi connectivity index (χ2v) is 2.70. The van der Waals surface area contributed by atoms with Gasteiger partial charge in [0.15, 0.2) is 5.60 Å². The van der Waals surface area contributed by atoms with Crippen LogP contribution in [0.4, 0.5) is 0 Å². The zero-order valence-corrected chi connectivity index (χ0v) is 6.93. The van der Waals surface area contributed by atoms with Crippen LogP contribution >= 0.6 is 0 Å². The first-order valence-corrected chi connectivity index (χ1v) is 3.71. The minimum Gasteiger partial charge on any atom is -0.481 e. The normalized spacial score (nSPS) is 14.9. The Balaban J connectivity index is 4.24. The van der Waals surface area contributed by atoms with Gasteiger partial charge in [0, 0.05) is 19.4 Å². The van der Waals surface area contributed by atoms with Crippen LogP contribution in [-0.4, -0.2) is 44.6 Å². The topological polar surface area (TPSA) is 115 Å². The molecule has 0 fully saturated rings. The molecule has 0 aliphatic carbocycles. The van der Waals surface area contributed by atoms with Gasteiger partial charge in [0.2, 0.25) is 0 Å². The van der Waals surface area contributed by atoms with Crippen LogP contribution in [0.25, 0.3) is 0 Å². The zero-order chi connectivity index (χ0) is 10.5. The van der Waals surface area contributed by atoms with Crippen molar-refractivity contribution in [2.75, 3.05) is 6.61 Å². The maximum absolute atomic E-state index is 10.5. The van der Waals surface area contributed by atoms with Crippen molar-refractivity contribution in [3.8, 4) is 0 Å². The molecule has 0 rings (SSSR count). The minimum absolute atomic E-state index is 0.365. The van der Waals surface area contributed by atoms with Gasteiger partial charge in [0.25, 0.3) is 0 Å². The van der Waals surface area contributed by atoms with E-state index in [9.17, 15) is 14.7 Å². The Bertz CT molecular complexity index is 201. The predicted molar refractivity (Wildman–Crippen MR) is 41.2 cm³/mol. The summed E-state index contributed by atoms with van der Waals surface area (Å²) in [5.41, 5.74) is -2.13. The fourth-order valence-electron chi connectivity index (χ4n) is 0.838. The molecule has 0 heterocycles. The summed E-state index contributed by atoms with van der Waals surface area (Å²) in [4.78, 5) is 20.6. The van der Waals surface area contributed by atoms with Crippen LogP contribution in [0.3, 0.4) is 0 Å². The van der Waals surface area contributed by atoms with E-state index in [0.717, 1.165) is 0 Å². The van der Waals surface area contributed by atoms with Gasteiger partial charge in [0.1, 0.15) is 0 Å². The van der Waals surface area contributed by atoms with Crippen molar-refractivity contribution in [1.29, 1.82) is 0 Å². The molecule has 76 valence electrons. The number of hydrogen-bond acceptors (Lipinski definition) is 4. The van der Waals surface area contributed by atoms with E-state index in [2.05, 4.69) is 0 Å². The monoisotopic (exact) mass is 192 g/mol. The van der Waals surface area contributed by atoms with Crippen LogP contribution in [0, 0.1) is 0 Å². The lowest BCUT2D eigenvalue weighted by atomic mass is 9.94. The molecule has 6 nitrogen and oxygen atoms in total. The molecule has 0 saturated heterocycles. The second kappa shape index (κ2) is 4.78. The molecule has 0 amide bonds. The number of aliphatic hydroxyl groups is 2. The molecule has 0 bridgehead atoms. The zero-order valence-electron chi connectivity index (χ0n) is 6.93. The fraction of sp³-hybridized carbons (Fsp3) is 0.714. The number of aliphatic hydroxyl groups excluding tert-OH is 1. The Hall–Kier alpha value is -1.14. The van der Waals surface area contributed by atoms with Crippen LogP contribution in [-0.2, 0) is 9.59 Å². The quantitative estimate of drug-likeness (QED) is 0.431. The van der Waals surface area contributed by atoms with Crippen molar-refractivity contribution in [1.82, 2.24) is 0 Å². The highest BCUT2D eigenvalue weighted by atomic mass is 16.4. The molecule has 0 aliphatic rings. The molecule has 0 aromatic rings. The Morgan fingerprint density at radius 1 is 1.15 bits per heavy atom. The largest absolute Gasteiger partial charge is 0.481 e. The van der Waals surface area contributed by atoms with E-state index < -0.39 is 37.0 Å². The van der Waals surface area contributed by atoms with E-state index in [1.54, 1.807) is 0 Å². The molecule has 0 unspecified atom stereocenters. The van der Waals surface area contributed by atoms with E-state index in [1.165, 1.54) is 0 Å².